The molecule has 0 bridgehead atoms. The number of hydrogen-bond donors (Lipinski definition) is 1. The van der Waals surface area contributed by atoms with Crippen LogP contribution < -0.4 is 5.32 Å². The van der Waals surface area contributed by atoms with Crippen molar-refractivity contribution in [2.24, 2.45) is 0 Å². The molecule has 0 aliphatic heterocycles. The van der Waals surface area contributed by atoms with Crippen molar-refractivity contribution in [3.63, 3.8) is 0 Å². The van der Waals surface area contributed by atoms with Crippen LogP contribution in [0.15, 0.2) is 67.1 Å². The molecule has 3 aromatic rings. The Morgan fingerprint density at radius 2 is 1.92 bits per heavy atom. The molecule has 1 aromatic carbocycles. The van der Waals surface area contributed by atoms with E-state index in [0.29, 0.717) is 17.3 Å². The average Bonchev–Trinajstić information content (AvgIpc) is 3.48. The Hall–Kier alpha value is -3.01. The number of anilines is 1. The molecule has 2 aromatic heterocycles. The normalized spacial score (nSPS) is 13.5. The first-order valence-corrected chi connectivity index (χ1v) is 8.07. The number of hydrogen-bond acceptors (Lipinski definition) is 3. The summed E-state index contributed by atoms with van der Waals surface area (Å²) in [5.41, 5.74) is 3.89. The standard InChI is InChI=1S/C20H17N3O/c24-20(17-4-1-3-15(11-17)14-6-7-14)23-19-12-16(8-10-22-19)18-5-2-9-21-13-18/h1-5,8-14H,6-7H2,(H,22,23,24). The van der Waals surface area contributed by atoms with Gasteiger partial charge < -0.3 is 5.32 Å². The highest BCUT2D eigenvalue weighted by Gasteiger charge is 2.24. The summed E-state index contributed by atoms with van der Waals surface area (Å²) in [4.78, 5) is 20.9. The predicted octanol–water partition coefficient (Wildman–Crippen LogP) is 4.27. The summed E-state index contributed by atoms with van der Waals surface area (Å²) in [5, 5.41) is 2.88. The fraction of sp³-hybridized carbons (Fsp3) is 0.150. The van der Waals surface area contributed by atoms with Crippen molar-refractivity contribution in [1.82, 2.24) is 9.97 Å². The van der Waals surface area contributed by atoms with Crippen LogP contribution in [0, 0.1) is 0 Å². The van der Waals surface area contributed by atoms with Gasteiger partial charge in [-0.05, 0) is 60.2 Å². The molecule has 2 heterocycles. The molecule has 118 valence electrons. The molecule has 1 aliphatic carbocycles. The number of amides is 1. The fourth-order valence-electron chi connectivity index (χ4n) is 2.75. The van der Waals surface area contributed by atoms with Crippen molar-refractivity contribution in [3.05, 3.63) is 78.2 Å². The lowest BCUT2D eigenvalue weighted by molar-refractivity contribution is 0.102. The van der Waals surface area contributed by atoms with Crippen molar-refractivity contribution >= 4 is 11.7 Å². The van der Waals surface area contributed by atoms with Crippen LogP contribution in [0.2, 0.25) is 0 Å². The number of carbonyl (C=O) groups excluding carboxylic acids is 1. The van der Waals surface area contributed by atoms with E-state index in [-0.39, 0.29) is 5.91 Å². The lowest BCUT2D eigenvalue weighted by Gasteiger charge is -2.08. The second-order valence-electron chi connectivity index (χ2n) is 6.03. The number of nitrogens with one attached hydrogen (secondary N) is 1. The number of pyridine rings is 2. The number of carbonyl (C=O) groups is 1. The van der Waals surface area contributed by atoms with E-state index in [0.717, 1.165) is 11.1 Å². The minimum atomic E-state index is -0.131. The van der Waals surface area contributed by atoms with E-state index >= 15 is 0 Å². The van der Waals surface area contributed by atoms with Crippen LogP contribution in [0.5, 0.6) is 0 Å². The first-order chi connectivity index (χ1) is 11.8. The Labute approximate surface area is 140 Å². The molecule has 4 nitrogen and oxygen atoms in total. The summed E-state index contributed by atoms with van der Waals surface area (Å²) in [5.74, 6) is 1.04. The quantitative estimate of drug-likeness (QED) is 0.782. The maximum atomic E-state index is 12.5. The van der Waals surface area contributed by atoms with Crippen LogP contribution in [0.3, 0.4) is 0 Å². The zero-order valence-corrected chi connectivity index (χ0v) is 13.1. The third kappa shape index (κ3) is 3.18. The van der Waals surface area contributed by atoms with Crippen molar-refractivity contribution in [1.29, 1.82) is 0 Å². The molecule has 4 heteroatoms. The second-order valence-corrected chi connectivity index (χ2v) is 6.03. The summed E-state index contributed by atoms with van der Waals surface area (Å²) >= 11 is 0. The highest BCUT2D eigenvalue weighted by molar-refractivity contribution is 6.04. The molecule has 0 unspecified atom stereocenters. The van der Waals surface area contributed by atoms with Gasteiger partial charge in [0.05, 0.1) is 0 Å². The lowest BCUT2D eigenvalue weighted by atomic mass is 10.1. The van der Waals surface area contributed by atoms with Gasteiger partial charge in [-0.15, -0.1) is 0 Å². The highest BCUT2D eigenvalue weighted by atomic mass is 16.1. The van der Waals surface area contributed by atoms with Gasteiger partial charge in [0.2, 0.25) is 0 Å². The molecule has 0 atom stereocenters. The highest BCUT2D eigenvalue weighted by Crippen LogP contribution is 2.40. The van der Waals surface area contributed by atoms with Crippen molar-refractivity contribution in [3.8, 4) is 11.1 Å². The van der Waals surface area contributed by atoms with Crippen LogP contribution >= 0.6 is 0 Å². The maximum Gasteiger partial charge on any atom is 0.256 e. The van der Waals surface area contributed by atoms with Crippen LogP contribution in [0.25, 0.3) is 11.1 Å². The van der Waals surface area contributed by atoms with Gasteiger partial charge in [0, 0.05) is 29.7 Å². The molecule has 1 amide bonds. The first kappa shape index (κ1) is 14.6. The van der Waals surface area contributed by atoms with Crippen LogP contribution in [-0.4, -0.2) is 15.9 Å². The molecule has 0 saturated heterocycles. The van der Waals surface area contributed by atoms with Gasteiger partial charge >= 0.3 is 0 Å². The molecule has 1 N–H and O–H groups in total. The molecule has 0 spiro atoms. The molecular weight excluding hydrogens is 298 g/mol. The number of rotatable bonds is 4. The van der Waals surface area contributed by atoms with Gasteiger partial charge in [0.15, 0.2) is 0 Å². The van der Waals surface area contributed by atoms with Crippen LogP contribution in [0.1, 0.15) is 34.7 Å². The Bertz CT molecular complexity index is 873. The van der Waals surface area contributed by atoms with E-state index in [1.807, 2.05) is 42.5 Å². The Morgan fingerprint density at radius 1 is 1.00 bits per heavy atom. The average molecular weight is 315 g/mol. The van der Waals surface area contributed by atoms with E-state index < -0.39 is 0 Å². The molecule has 0 radical (unpaired) electrons. The minimum absolute atomic E-state index is 0.131. The molecule has 1 aliphatic rings. The summed E-state index contributed by atoms with van der Waals surface area (Å²) in [7, 11) is 0. The van der Waals surface area contributed by atoms with E-state index in [4.69, 9.17) is 0 Å². The number of benzene rings is 1. The Balaban J connectivity index is 1.55. The third-order valence-electron chi connectivity index (χ3n) is 4.19. The minimum Gasteiger partial charge on any atom is -0.307 e. The van der Waals surface area contributed by atoms with Crippen LogP contribution in [0.4, 0.5) is 5.82 Å². The summed E-state index contributed by atoms with van der Waals surface area (Å²) in [6, 6.07) is 15.5. The lowest BCUT2D eigenvalue weighted by Crippen LogP contribution is -2.13. The largest absolute Gasteiger partial charge is 0.307 e. The summed E-state index contributed by atoms with van der Waals surface area (Å²) in [6.45, 7) is 0. The molecule has 4 rings (SSSR count). The Kier molecular flexibility index (Phi) is 3.79. The smallest absolute Gasteiger partial charge is 0.256 e. The van der Waals surface area contributed by atoms with E-state index in [1.165, 1.54) is 18.4 Å². The maximum absolute atomic E-state index is 12.5. The first-order valence-electron chi connectivity index (χ1n) is 8.07. The van der Waals surface area contributed by atoms with E-state index in [2.05, 4.69) is 21.4 Å². The molecule has 1 fully saturated rings. The second kappa shape index (κ2) is 6.24. The zero-order chi connectivity index (χ0) is 16.4. The van der Waals surface area contributed by atoms with Gasteiger partial charge in [-0.1, -0.05) is 18.2 Å². The van der Waals surface area contributed by atoms with Crippen molar-refractivity contribution in [2.75, 3.05) is 5.32 Å². The molecular formula is C20H17N3O. The molecule has 24 heavy (non-hydrogen) atoms. The van der Waals surface area contributed by atoms with Crippen molar-refractivity contribution in [2.45, 2.75) is 18.8 Å². The SMILES string of the molecule is O=C(Nc1cc(-c2cccnc2)ccn1)c1cccc(C2CC2)c1. The fourth-order valence-corrected chi connectivity index (χ4v) is 2.75. The van der Waals surface area contributed by atoms with Crippen LogP contribution in [-0.2, 0) is 0 Å². The predicted molar refractivity (Wildman–Crippen MR) is 93.8 cm³/mol. The van der Waals surface area contributed by atoms with Crippen molar-refractivity contribution < 1.29 is 4.79 Å². The van der Waals surface area contributed by atoms with Gasteiger partial charge in [0.1, 0.15) is 5.82 Å². The number of aromatic nitrogens is 2. The van der Waals surface area contributed by atoms with Gasteiger partial charge in [-0.3, -0.25) is 9.78 Å². The monoisotopic (exact) mass is 315 g/mol. The topological polar surface area (TPSA) is 54.9 Å². The number of nitrogens with zero attached hydrogens (tertiary/aromatic N) is 2. The third-order valence-corrected chi connectivity index (χ3v) is 4.19. The summed E-state index contributed by atoms with van der Waals surface area (Å²) < 4.78 is 0. The van der Waals surface area contributed by atoms with E-state index in [1.54, 1.807) is 18.6 Å². The van der Waals surface area contributed by atoms with Gasteiger partial charge in [0.25, 0.3) is 5.91 Å². The summed E-state index contributed by atoms with van der Waals surface area (Å²) in [6.07, 6.45) is 7.67. The van der Waals surface area contributed by atoms with Gasteiger partial charge in [-0.2, -0.15) is 0 Å². The Morgan fingerprint density at radius 3 is 2.71 bits per heavy atom. The molecule has 1 saturated carbocycles. The van der Waals surface area contributed by atoms with Gasteiger partial charge in [-0.25, -0.2) is 4.98 Å². The van der Waals surface area contributed by atoms with E-state index in [9.17, 15) is 4.79 Å². The zero-order valence-electron chi connectivity index (χ0n) is 13.1.